The Balaban J connectivity index is 2.07. The van der Waals surface area contributed by atoms with Gasteiger partial charge >= 0.3 is 6.09 Å². The highest BCUT2D eigenvalue weighted by atomic mass is 32.2. The number of carbonyl (C=O) groups is 2. The molecule has 164 valence electrons. The fourth-order valence-electron chi connectivity index (χ4n) is 3.45. The first-order valence-electron chi connectivity index (χ1n) is 10.5. The smallest absolute Gasteiger partial charge is 0.410 e. The summed E-state index contributed by atoms with van der Waals surface area (Å²) >= 11 is 1.88. The Morgan fingerprint density at radius 3 is 2.79 bits per heavy atom. The summed E-state index contributed by atoms with van der Waals surface area (Å²) in [6, 6.07) is 0.110. The van der Waals surface area contributed by atoms with Crippen LogP contribution in [0, 0.1) is 0 Å². The molecule has 0 radical (unpaired) electrons. The number of hydrogen-bond donors (Lipinski definition) is 1. The van der Waals surface area contributed by atoms with Crippen molar-refractivity contribution in [2.75, 3.05) is 24.6 Å². The molecule has 7 nitrogen and oxygen atoms in total. The zero-order valence-corrected chi connectivity index (χ0v) is 19.5. The molecule has 1 fully saturated rings. The average molecular weight is 425 g/mol. The Bertz CT molecular complexity index is 699. The van der Waals surface area contributed by atoms with Gasteiger partial charge in [0.2, 0.25) is 0 Å². The van der Waals surface area contributed by atoms with Crippen LogP contribution in [-0.2, 0) is 11.8 Å². The number of amides is 2. The van der Waals surface area contributed by atoms with Crippen LogP contribution >= 0.6 is 11.8 Å². The first kappa shape index (κ1) is 23.6. The Morgan fingerprint density at radius 2 is 2.14 bits per heavy atom. The summed E-state index contributed by atoms with van der Waals surface area (Å²) in [4.78, 5) is 27.1. The molecule has 2 atom stereocenters. The number of thioether (sulfide) groups is 1. The van der Waals surface area contributed by atoms with Crippen molar-refractivity contribution in [1.29, 1.82) is 0 Å². The molecule has 0 saturated carbocycles. The molecule has 1 aromatic heterocycles. The quantitative estimate of drug-likeness (QED) is 0.674. The summed E-state index contributed by atoms with van der Waals surface area (Å²) in [5.74, 6) is 2.06. The van der Waals surface area contributed by atoms with Gasteiger partial charge in [-0.2, -0.15) is 16.9 Å². The number of hydrogen-bond acceptors (Lipinski definition) is 5. The van der Waals surface area contributed by atoms with Gasteiger partial charge in [-0.25, -0.2) is 4.79 Å². The minimum absolute atomic E-state index is 0.0316. The lowest BCUT2D eigenvalue weighted by atomic mass is 9.92. The molecular formula is C21H36N4O3S. The van der Waals surface area contributed by atoms with E-state index in [0.717, 1.165) is 36.5 Å². The van der Waals surface area contributed by atoms with Gasteiger partial charge < -0.3 is 15.0 Å². The van der Waals surface area contributed by atoms with Crippen molar-refractivity contribution < 1.29 is 14.3 Å². The fourth-order valence-corrected chi connectivity index (χ4v) is 4.26. The van der Waals surface area contributed by atoms with Gasteiger partial charge in [0.1, 0.15) is 5.60 Å². The Hall–Kier alpha value is -1.70. The topological polar surface area (TPSA) is 76.5 Å². The highest BCUT2D eigenvalue weighted by Gasteiger charge is 2.32. The van der Waals surface area contributed by atoms with E-state index in [1.54, 1.807) is 15.8 Å². The summed E-state index contributed by atoms with van der Waals surface area (Å²) in [6.45, 7) is 11.0. The first-order chi connectivity index (χ1) is 13.6. The Labute approximate surface area is 178 Å². The molecule has 2 heterocycles. The second kappa shape index (κ2) is 10.4. The molecule has 1 aliphatic rings. The molecule has 1 N–H and O–H groups in total. The number of ether oxygens (including phenoxy) is 1. The summed E-state index contributed by atoms with van der Waals surface area (Å²) in [5.41, 5.74) is 0.860. The standard InChI is InChI=1S/C21H36N4O3S/c1-7-29-12-10-15(2)22-19(26)17-14-24(6)23-18(17)16-9-8-11-25(13-16)20(27)28-21(3,4)5/h14-16H,7-13H2,1-6H3,(H,22,26)/t15-,16-/m0/s1. The van der Waals surface area contributed by atoms with Gasteiger partial charge in [-0.05, 0) is 58.5 Å². The molecule has 1 aromatic rings. The highest BCUT2D eigenvalue weighted by molar-refractivity contribution is 7.99. The highest BCUT2D eigenvalue weighted by Crippen LogP contribution is 2.29. The number of aryl methyl sites for hydroxylation is 1. The molecule has 8 heteroatoms. The number of nitrogens with zero attached hydrogens (tertiary/aromatic N) is 3. The van der Waals surface area contributed by atoms with Gasteiger partial charge in [-0.15, -0.1) is 0 Å². The van der Waals surface area contributed by atoms with Crippen LogP contribution in [0.25, 0.3) is 0 Å². The lowest BCUT2D eigenvalue weighted by Gasteiger charge is -2.33. The molecule has 0 bridgehead atoms. The van der Waals surface area contributed by atoms with Crippen molar-refractivity contribution >= 4 is 23.8 Å². The van der Waals surface area contributed by atoms with E-state index in [1.807, 2.05) is 46.5 Å². The van der Waals surface area contributed by atoms with Gasteiger partial charge in [-0.1, -0.05) is 6.92 Å². The van der Waals surface area contributed by atoms with E-state index >= 15 is 0 Å². The van der Waals surface area contributed by atoms with Crippen molar-refractivity contribution in [3.63, 3.8) is 0 Å². The van der Waals surface area contributed by atoms with E-state index in [-0.39, 0.29) is 24.0 Å². The predicted molar refractivity (Wildman–Crippen MR) is 118 cm³/mol. The predicted octanol–water partition coefficient (Wildman–Crippen LogP) is 3.80. The molecule has 0 spiro atoms. The van der Waals surface area contributed by atoms with Crippen molar-refractivity contribution in [2.24, 2.45) is 7.05 Å². The van der Waals surface area contributed by atoms with Gasteiger partial charge in [0.25, 0.3) is 5.91 Å². The molecule has 0 unspecified atom stereocenters. The van der Waals surface area contributed by atoms with E-state index in [1.165, 1.54) is 0 Å². The van der Waals surface area contributed by atoms with Crippen LogP contribution in [0.2, 0.25) is 0 Å². The van der Waals surface area contributed by atoms with Crippen LogP contribution in [-0.4, -0.2) is 62.9 Å². The van der Waals surface area contributed by atoms with Crippen molar-refractivity contribution in [3.05, 3.63) is 17.5 Å². The fraction of sp³-hybridized carbons (Fsp3) is 0.762. The van der Waals surface area contributed by atoms with Crippen LogP contribution in [0.15, 0.2) is 6.20 Å². The first-order valence-corrected chi connectivity index (χ1v) is 11.7. The Morgan fingerprint density at radius 1 is 1.41 bits per heavy atom. The molecular weight excluding hydrogens is 388 g/mol. The normalized spacial score (nSPS) is 18.4. The maximum atomic E-state index is 12.9. The number of likely N-dealkylation sites (tertiary alicyclic amines) is 1. The minimum Gasteiger partial charge on any atom is -0.444 e. The molecule has 0 aliphatic carbocycles. The number of carbonyl (C=O) groups excluding carboxylic acids is 2. The van der Waals surface area contributed by atoms with Crippen LogP contribution in [0.5, 0.6) is 0 Å². The summed E-state index contributed by atoms with van der Waals surface area (Å²) < 4.78 is 7.21. The largest absolute Gasteiger partial charge is 0.444 e. The van der Waals surface area contributed by atoms with E-state index in [0.29, 0.717) is 18.7 Å². The van der Waals surface area contributed by atoms with Crippen LogP contribution in [0.4, 0.5) is 4.79 Å². The average Bonchev–Trinajstić information content (AvgIpc) is 3.02. The van der Waals surface area contributed by atoms with Gasteiger partial charge in [-0.3, -0.25) is 9.48 Å². The zero-order chi connectivity index (χ0) is 21.6. The summed E-state index contributed by atoms with van der Waals surface area (Å²) in [6.07, 6.45) is 4.19. The van der Waals surface area contributed by atoms with Crippen molar-refractivity contribution in [2.45, 2.75) is 71.4 Å². The second-order valence-electron chi connectivity index (χ2n) is 8.73. The third-order valence-electron chi connectivity index (χ3n) is 4.84. The maximum Gasteiger partial charge on any atom is 0.410 e. The molecule has 2 rings (SSSR count). The van der Waals surface area contributed by atoms with Gasteiger partial charge in [0.15, 0.2) is 0 Å². The number of nitrogens with one attached hydrogen (secondary N) is 1. The number of piperidine rings is 1. The molecule has 1 saturated heterocycles. The summed E-state index contributed by atoms with van der Waals surface area (Å²) in [7, 11) is 1.83. The molecule has 2 amide bonds. The molecule has 1 aliphatic heterocycles. The third kappa shape index (κ3) is 7.24. The molecule has 29 heavy (non-hydrogen) atoms. The van der Waals surface area contributed by atoms with Crippen molar-refractivity contribution in [1.82, 2.24) is 20.0 Å². The maximum absolute atomic E-state index is 12.9. The number of aromatic nitrogens is 2. The van der Waals surface area contributed by atoms with Crippen LogP contribution < -0.4 is 5.32 Å². The third-order valence-corrected chi connectivity index (χ3v) is 5.77. The lowest BCUT2D eigenvalue weighted by molar-refractivity contribution is 0.0197. The summed E-state index contributed by atoms with van der Waals surface area (Å²) in [5, 5.41) is 7.68. The zero-order valence-electron chi connectivity index (χ0n) is 18.7. The monoisotopic (exact) mass is 424 g/mol. The number of rotatable bonds is 7. The van der Waals surface area contributed by atoms with E-state index in [4.69, 9.17) is 4.74 Å². The lowest BCUT2D eigenvalue weighted by Crippen LogP contribution is -2.42. The second-order valence-corrected chi connectivity index (χ2v) is 10.1. The van der Waals surface area contributed by atoms with Crippen LogP contribution in [0.1, 0.15) is 75.9 Å². The van der Waals surface area contributed by atoms with Gasteiger partial charge in [0.05, 0.1) is 11.3 Å². The van der Waals surface area contributed by atoms with E-state index in [2.05, 4.69) is 17.3 Å². The molecule has 0 aromatic carbocycles. The van der Waals surface area contributed by atoms with E-state index < -0.39 is 5.60 Å². The van der Waals surface area contributed by atoms with E-state index in [9.17, 15) is 9.59 Å². The van der Waals surface area contributed by atoms with Gasteiger partial charge in [0, 0.05) is 38.3 Å². The minimum atomic E-state index is -0.522. The SMILES string of the molecule is CCSCC[C@H](C)NC(=O)c1cn(C)nc1[C@H]1CCCN(C(=O)OC(C)(C)C)C1. The Kier molecular flexibility index (Phi) is 8.43. The van der Waals surface area contributed by atoms with Crippen molar-refractivity contribution in [3.8, 4) is 0 Å². The van der Waals surface area contributed by atoms with Crippen LogP contribution in [0.3, 0.4) is 0 Å².